The second-order valence-corrected chi connectivity index (χ2v) is 8.29. The molecule has 0 unspecified atom stereocenters. The number of halogens is 1. The third-order valence-corrected chi connectivity index (χ3v) is 5.85. The maximum absolute atomic E-state index is 12.6. The number of aromatic nitrogens is 1. The summed E-state index contributed by atoms with van der Waals surface area (Å²) in [5.74, 6) is 0.170. The summed E-state index contributed by atoms with van der Waals surface area (Å²) in [6.07, 6.45) is 2.03. The van der Waals surface area contributed by atoms with E-state index in [2.05, 4.69) is 4.99 Å². The van der Waals surface area contributed by atoms with Crippen LogP contribution in [0.1, 0.15) is 27.6 Å². The zero-order valence-electron chi connectivity index (χ0n) is 15.5. The van der Waals surface area contributed by atoms with Crippen molar-refractivity contribution >= 4 is 56.8 Å². The third kappa shape index (κ3) is 4.66. The molecule has 0 N–H and O–H groups in total. The minimum atomic E-state index is -0.359. The van der Waals surface area contributed by atoms with E-state index in [0.717, 1.165) is 16.0 Å². The summed E-state index contributed by atoms with van der Waals surface area (Å²) >= 11 is 9.08. The first-order valence-electron chi connectivity index (χ1n) is 8.67. The number of esters is 1. The van der Waals surface area contributed by atoms with Gasteiger partial charge in [0.25, 0.3) is 5.91 Å². The van der Waals surface area contributed by atoms with E-state index in [1.807, 2.05) is 16.9 Å². The Kier molecular flexibility index (Phi) is 6.93. The van der Waals surface area contributed by atoms with Crippen molar-refractivity contribution in [2.45, 2.75) is 13.5 Å². The predicted octanol–water partition coefficient (Wildman–Crippen LogP) is 4.64. The number of carbonyl (C=O) groups is 2. The van der Waals surface area contributed by atoms with Crippen molar-refractivity contribution in [3.8, 4) is 0 Å². The summed E-state index contributed by atoms with van der Waals surface area (Å²) in [6.45, 7) is 2.81. The van der Waals surface area contributed by atoms with Crippen LogP contribution in [0.15, 0.2) is 47.5 Å². The topological polar surface area (TPSA) is 60.7 Å². The van der Waals surface area contributed by atoms with Crippen LogP contribution in [0.4, 0.5) is 0 Å². The summed E-state index contributed by atoms with van der Waals surface area (Å²) in [5, 5.41) is 0.492. The molecule has 0 aliphatic carbocycles. The highest BCUT2D eigenvalue weighted by Gasteiger charge is 2.13. The third-order valence-electron chi connectivity index (χ3n) is 3.98. The number of amides is 1. The minimum Gasteiger partial charge on any atom is -0.462 e. The minimum absolute atomic E-state index is 0.323. The Hall–Kier alpha value is -2.09. The lowest BCUT2D eigenvalue weighted by molar-refractivity contribution is 0.0526. The number of hydrogen-bond acceptors (Lipinski definition) is 5. The molecule has 3 aromatic rings. The van der Waals surface area contributed by atoms with Gasteiger partial charge in [-0.3, -0.25) is 4.79 Å². The predicted molar refractivity (Wildman–Crippen MR) is 115 cm³/mol. The van der Waals surface area contributed by atoms with Gasteiger partial charge in [0, 0.05) is 22.9 Å². The Labute approximate surface area is 176 Å². The first-order chi connectivity index (χ1) is 13.5. The van der Waals surface area contributed by atoms with Gasteiger partial charge in [0.2, 0.25) is 0 Å². The van der Waals surface area contributed by atoms with Crippen LogP contribution in [0.5, 0.6) is 0 Å². The molecule has 5 nitrogen and oxygen atoms in total. The van der Waals surface area contributed by atoms with Crippen LogP contribution in [0, 0.1) is 0 Å². The molecule has 1 aromatic heterocycles. The average Bonchev–Trinajstić information content (AvgIpc) is 3.02. The van der Waals surface area contributed by atoms with E-state index in [1.54, 1.807) is 55.1 Å². The lowest BCUT2D eigenvalue weighted by Crippen LogP contribution is -2.18. The van der Waals surface area contributed by atoms with Crippen molar-refractivity contribution < 1.29 is 14.3 Å². The van der Waals surface area contributed by atoms with Crippen molar-refractivity contribution in [3.63, 3.8) is 0 Å². The fourth-order valence-corrected chi connectivity index (χ4v) is 4.32. The summed E-state index contributed by atoms with van der Waals surface area (Å²) in [5.41, 5.74) is 1.86. The van der Waals surface area contributed by atoms with Crippen molar-refractivity contribution in [3.05, 3.63) is 63.4 Å². The zero-order valence-corrected chi connectivity index (χ0v) is 17.9. The van der Waals surface area contributed by atoms with E-state index in [-0.39, 0.29) is 11.9 Å². The molecule has 0 saturated heterocycles. The van der Waals surface area contributed by atoms with Gasteiger partial charge in [-0.25, -0.2) is 4.79 Å². The van der Waals surface area contributed by atoms with Gasteiger partial charge in [-0.2, -0.15) is 16.8 Å². The molecule has 0 saturated carbocycles. The number of nitrogens with zero attached hydrogens (tertiary/aromatic N) is 2. The molecule has 28 heavy (non-hydrogen) atoms. The van der Waals surface area contributed by atoms with E-state index < -0.39 is 0 Å². The van der Waals surface area contributed by atoms with Gasteiger partial charge in [-0.15, -0.1) is 0 Å². The second-order valence-electron chi connectivity index (χ2n) is 5.86. The van der Waals surface area contributed by atoms with Gasteiger partial charge < -0.3 is 9.30 Å². The maximum atomic E-state index is 12.6. The van der Waals surface area contributed by atoms with E-state index in [1.165, 1.54) is 11.3 Å². The Morgan fingerprint density at radius 3 is 2.75 bits per heavy atom. The molecule has 146 valence electrons. The largest absolute Gasteiger partial charge is 0.462 e. The van der Waals surface area contributed by atoms with Crippen LogP contribution < -0.4 is 4.80 Å². The molecule has 3 rings (SSSR count). The van der Waals surface area contributed by atoms with Gasteiger partial charge in [-0.05, 0) is 49.6 Å². The number of fused-ring (bicyclic) bond motifs is 1. The number of rotatable bonds is 6. The van der Waals surface area contributed by atoms with Gasteiger partial charge >= 0.3 is 5.97 Å². The first kappa shape index (κ1) is 20.6. The molecule has 0 aliphatic heterocycles. The fourth-order valence-electron chi connectivity index (χ4n) is 2.67. The Bertz CT molecular complexity index is 1090. The van der Waals surface area contributed by atoms with Gasteiger partial charge in [0.15, 0.2) is 4.80 Å². The maximum Gasteiger partial charge on any atom is 0.338 e. The van der Waals surface area contributed by atoms with Gasteiger partial charge in [-0.1, -0.05) is 29.0 Å². The summed E-state index contributed by atoms with van der Waals surface area (Å²) in [7, 11) is 0. The molecule has 0 bridgehead atoms. The number of ether oxygens (including phenoxy) is 1. The highest BCUT2D eigenvalue weighted by molar-refractivity contribution is 7.98. The van der Waals surface area contributed by atoms with Gasteiger partial charge in [0.1, 0.15) is 0 Å². The molecule has 2 aromatic carbocycles. The molecular formula is C20H19ClN2O3S2. The molecule has 0 aliphatic rings. The highest BCUT2D eigenvalue weighted by atomic mass is 35.5. The lowest BCUT2D eigenvalue weighted by atomic mass is 10.2. The quantitative estimate of drug-likeness (QED) is 0.530. The number of thioether (sulfide) groups is 1. The number of aryl methyl sites for hydroxylation is 1. The molecule has 0 atom stereocenters. The number of benzene rings is 2. The Balaban J connectivity index is 2.08. The summed E-state index contributed by atoms with van der Waals surface area (Å²) in [6, 6.07) is 12.1. The Morgan fingerprint density at radius 1 is 1.21 bits per heavy atom. The number of hydrogen-bond donors (Lipinski definition) is 0. The average molecular weight is 435 g/mol. The molecule has 1 heterocycles. The normalized spacial score (nSPS) is 11.8. The molecule has 0 fully saturated rings. The van der Waals surface area contributed by atoms with E-state index in [9.17, 15) is 9.59 Å². The lowest BCUT2D eigenvalue weighted by Gasteiger charge is -2.05. The summed E-state index contributed by atoms with van der Waals surface area (Å²) in [4.78, 5) is 29.6. The Morgan fingerprint density at radius 2 is 2.04 bits per heavy atom. The van der Waals surface area contributed by atoms with E-state index in [0.29, 0.717) is 34.1 Å². The first-order valence-corrected chi connectivity index (χ1v) is 11.3. The van der Waals surface area contributed by atoms with Crippen LogP contribution in [0.3, 0.4) is 0 Å². The summed E-state index contributed by atoms with van der Waals surface area (Å²) < 4.78 is 7.96. The molecule has 0 radical (unpaired) electrons. The molecule has 8 heteroatoms. The fraction of sp³-hybridized carbons (Fsp3) is 0.250. The van der Waals surface area contributed by atoms with Crippen LogP contribution in [-0.2, 0) is 11.3 Å². The van der Waals surface area contributed by atoms with Crippen LogP contribution in [0.2, 0.25) is 5.02 Å². The number of carbonyl (C=O) groups excluding carboxylic acids is 2. The molecule has 1 amide bonds. The van der Waals surface area contributed by atoms with Crippen LogP contribution in [0.25, 0.3) is 10.2 Å². The van der Waals surface area contributed by atoms with Gasteiger partial charge in [0.05, 0.1) is 22.4 Å². The second kappa shape index (κ2) is 9.41. The van der Waals surface area contributed by atoms with E-state index in [4.69, 9.17) is 16.3 Å². The smallest absolute Gasteiger partial charge is 0.338 e. The molecular weight excluding hydrogens is 416 g/mol. The highest BCUT2D eigenvalue weighted by Crippen LogP contribution is 2.21. The SMILES string of the molecule is CCOC(=O)c1ccc2c(c1)sc(=NC(=O)c1cccc(Cl)c1)n2CCSC. The monoisotopic (exact) mass is 434 g/mol. The van der Waals surface area contributed by atoms with Crippen molar-refractivity contribution in [1.82, 2.24) is 4.57 Å². The van der Waals surface area contributed by atoms with Crippen molar-refractivity contribution in [2.24, 2.45) is 4.99 Å². The number of thiazole rings is 1. The van der Waals surface area contributed by atoms with Crippen molar-refractivity contribution in [1.29, 1.82) is 0 Å². The van der Waals surface area contributed by atoms with E-state index >= 15 is 0 Å². The standard InChI is InChI=1S/C20H19ClN2O3S2/c1-3-26-19(25)14-7-8-16-17(12-14)28-20(23(16)9-10-27-2)22-18(24)13-5-4-6-15(21)11-13/h4-8,11-12H,3,9-10H2,1-2H3. The van der Waals surface area contributed by atoms with Crippen LogP contribution in [-0.4, -0.2) is 35.1 Å². The molecule has 0 spiro atoms. The zero-order chi connectivity index (χ0) is 20.1. The van der Waals surface area contributed by atoms with Crippen LogP contribution >= 0.6 is 34.7 Å². The van der Waals surface area contributed by atoms with Crippen molar-refractivity contribution in [2.75, 3.05) is 18.6 Å².